The highest BCUT2D eigenvalue weighted by atomic mass is 19.1. The summed E-state index contributed by atoms with van der Waals surface area (Å²) in [5.41, 5.74) is 1.49. The first kappa shape index (κ1) is 25.2. The SMILES string of the molecule is CC(C)C1CCC(N2CCC3(CC2)C(=O)N(CCN2CCCCC2O)Cc2cc(F)ccc23)CC1. The first-order valence-electron chi connectivity index (χ1n) is 14.1. The van der Waals surface area contributed by atoms with Crippen LogP contribution in [-0.2, 0) is 16.8 Å². The summed E-state index contributed by atoms with van der Waals surface area (Å²) in [7, 11) is 0. The molecule has 1 aliphatic carbocycles. The minimum absolute atomic E-state index is 0.214. The van der Waals surface area contributed by atoms with Crippen molar-refractivity contribution < 1.29 is 14.3 Å². The summed E-state index contributed by atoms with van der Waals surface area (Å²) < 4.78 is 14.2. The normalized spacial score (nSPS) is 30.1. The third-order valence-corrected chi connectivity index (χ3v) is 9.73. The molecule has 1 unspecified atom stereocenters. The monoisotopic (exact) mass is 485 g/mol. The smallest absolute Gasteiger partial charge is 0.233 e. The zero-order valence-corrected chi connectivity index (χ0v) is 21.7. The average molecular weight is 486 g/mol. The van der Waals surface area contributed by atoms with Gasteiger partial charge < -0.3 is 14.9 Å². The lowest BCUT2D eigenvalue weighted by Crippen LogP contribution is -2.58. The summed E-state index contributed by atoms with van der Waals surface area (Å²) in [6.45, 7) is 9.21. The molecule has 6 heteroatoms. The Bertz CT molecular complexity index is 890. The quantitative estimate of drug-likeness (QED) is 0.666. The van der Waals surface area contributed by atoms with E-state index in [0.717, 1.165) is 74.7 Å². The predicted octanol–water partition coefficient (Wildman–Crippen LogP) is 4.52. The highest BCUT2D eigenvalue weighted by molar-refractivity contribution is 5.90. The zero-order valence-electron chi connectivity index (χ0n) is 21.7. The number of rotatable bonds is 5. The number of piperidine rings is 2. The largest absolute Gasteiger partial charge is 0.378 e. The molecule has 3 aliphatic heterocycles. The number of aliphatic hydroxyl groups excluding tert-OH is 1. The van der Waals surface area contributed by atoms with Gasteiger partial charge in [0.05, 0.1) is 5.41 Å². The Kier molecular flexibility index (Phi) is 7.53. The fraction of sp³-hybridized carbons (Fsp3) is 0.759. The molecule has 1 atom stereocenters. The Balaban J connectivity index is 1.29. The van der Waals surface area contributed by atoms with E-state index < -0.39 is 11.6 Å². The van der Waals surface area contributed by atoms with Crippen molar-refractivity contribution in [2.75, 3.05) is 32.7 Å². The molecule has 1 amide bonds. The van der Waals surface area contributed by atoms with Gasteiger partial charge in [0.15, 0.2) is 0 Å². The number of likely N-dealkylation sites (tertiary alicyclic amines) is 2. The second kappa shape index (κ2) is 10.5. The van der Waals surface area contributed by atoms with E-state index in [4.69, 9.17) is 0 Å². The molecule has 0 radical (unpaired) electrons. The number of amides is 1. The molecule has 5 rings (SSSR count). The van der Waals surface area contributed by atoms with Crippen LogP contribution in [0.5, 0.6) is 0 Å². The lowest BCUT2D eigenvalue weighted by molar-refractivity contribution is -0.143. The van der Waals surface area contributed by atoms with Gasteiger partial charge in [-0.15, -0.1) is 0 Å². The minimum Gasteiger partial charge on any atom is -0.378 e. The van der Waals surface area contributed by atoms with E-state index in [-0.39, 0.29) is 11.7 Å². The van der Waals surface area contributed by atoms with Crippen LogP contribution in [0.3, 0.4) is 0 Å². The Hall–Kier alpha value is -1.50. The summed E-state index contributed by atoms with van der Waals surface area (Å²) in [6, 6.07) is 5.71. The van der Waals surface area contributed by atoms with Gasteiger partial charge >= 0.3 is 0 Å². The number of halogens is 1. The van der Waals surface area contributed by atoms with Crippen molar-refractivity contribution in [3.63, 3.8) is 0 Å². The van der Waals surface area contributed by atoms with Crippen molar-refractivity contribution in [1.82, 2.24) is 14.7 Å². The molecule has 3 fully saturated rings. The molecule has 3 heterocycles. The van der Waals surface area contributed by atoms with E-state index in [2.05, 4.69) is 23.6 Å². The molecule has 1 aromatic rings. The summed E-state index contributed by atoms with van der Waals surface area (Å²) in [4.78, 5) is 20.7. The van der Waals surface area contributed by atoms with E-state index in [1.165, 1.54) is 31.7 Å². The van der Waals surface area contributed by atoms with Crippen LogP contribution in [0.4, 0.5) is 4.39 Å². The Labute approximate surface area is 210 Å². The molecular formula is C29H44FN3O2. The van der Waals surface area contributed by atoms with Gasteiger partial charge in [-0.3, -0.25) is 9.69 Å². The molecule has 1 aromatic carbocycles. The van der Waals surface area contributed by atoms with Gasteiger partial charge in [-0.1, -0.05) is 19.9 Å². The van der Waals surface area contributed by atoms with Crippen LogP contribution in [0.25, 0.3) is 0 Å². The van der Waals surface area contributed by atoms with Crippen LogP contribution in [0.1, 0.15) is 82.8 Å². The van der Waals surface area contributed by atoms with Crippen LogP contribution >= 0.6 is 0 Å². The van der Waals surface area contributed by atoms with Crippen molar-refractivity contribution in [2.24, 2.45) is 11.8 Å². The molecule has 0 bridgehead atoms. The predicted molar refractivity (Wildman–Crippen MR) is 136 cm³/mol. The molecule has 0 aromatic heterocycles. The molecule has 1 N–H and O–H groups in total. The third-order valence-electron chi connectivity index (χ3n) is 9.73. The van der Waals surface area contributed by atoms with E-state index in [9.17, 15) is 14.3 Å². The van der Waals surface area contributed by atoms with Gasteiger partial charge in [-0.25, -0.2) is 4.39 Å². The van der Waals surface area contributed by atoms with E-state index in [1.807, 2.05) is 11.0 Å². The van der Waals surface area contributed by atoms with Crippen LogP contribution in [0, 0.1) is 17.7 Å². The van der Waals surface area contributed by atoms with E-state index in [0.29, 0.717) is 25.7 Å². The number of fused-ring (bicyclic) bond motifs is 2. The summed E-state index contributed by atoms with van der Waals surface area (Å²) in [5.74, 6) is 1.62. The molecule has 2 saturated heterocycles. The first-order valence-corrected chi connectivity index (χ1v) is 14.1. The third kappa shape index (κ3) is 5.03. The van der Waals surface area contributed by atoms with Crippen molar-refractivity contribution in [2.45, 2.75) is 95.9 Å². The maximum absolute atomic E-state index is 14.2. The Morgan fingerprint density at radius 1 is 1.03 bits per heavy atom. The van der Waals surface area contributed by atoms with Gasteiger partial charge in [-0.2, -0.15) is 0 Å². The molecule has 1 spiro atoms. The highest BCUT2D eigenvalue weighted by Gasteiger charge is 2.49. The maximum Gasteiger partial charge on any atom is 0.233 e. The number of hydrogen-bond donors (Lipinski definition) is 1. The lowest BCUT2D eigenvalue weighted by Gasteiger charge is -2.50. The topological polar surface area (TPSA) is 47.0 Å². The summed E-state index contributed by atoms with van der Waals surface area (Å²) >= 11 is 0. The number of hydrogen-bond acceptors (Lipinski definition) is 4. The van der Waals surface area contributed by atoms with Crippen LogP contribution in [-0.4, -0.2) is 70.7 Å². The average Bonchev–Trinajstić information content (AvgIpc) is 2.86. The molecule has 35 heavy (non-hydrogen) atoms. The number of carbonyl (C=O) groups excluding carboxylic acids is 1. The first-order chi connectivity index (χ1) is 16.9. The van der Waals surface area contributed by atoms with E-state index in [1.54, 1.807) is 6.07 Å². The standard InChI is InChI=1S/C29H44FN3O2/c1-21(2)22-6-9-25(10-7-22)31-15-12-29(13-16-31)26-11-8-24(30)19-23(26)20-33(28(29)35)18-17-32-14-4-3-5-27(32)34/h8,11,19,21-22,25,27,34H,3-7,9-10,12-18,20H2,1-2H3. The van der Waals surface area contributed by atoms with Crippen molar-refractivity contribution in [3.8, 4) is 0 Å². The molecule has 5 nitrogen and oxygen atoms in total. The van der Waals surface area contributed by atoms with Crippen LogP contribution in [0.2, 0.25) is 0 Å². The zero-order chi connectivity index (χ0) is 24.6. The molecular weight excluding hydrogens is 441 g/mol. The van der Waals surface area contributed by atoms with Crippen LogP contribution < -0.4 is 0 Å². The van der Waals surface area contributed by atoms with Gasteiger partial charge in [-0.05, 0) is 106 Å². The fourth-order valence-corrected chi connectivity index (χ4v) is 7.41. The second-order valence-electron chi connectivity index (χ2n) is 12.0. The number of aliphatic hydroxyl groups is 1. The van der Waals surface area contributed by atoms with Crippen molar-refractivity contribution >= 4 is 5.91 Å². The van der Waals surface area contributed by atoms with Gasteiger partial charge in [0.1, 0.15) is 12.0 Å². The molecule has 1 saturated carbocycles. The Morgan fingerprint density at radius 3 is 2.46 bits per heavy atom. The maximum atomic E-state index is 14.2. The molecule has 194 valence electrons. The number of nitrogens with zero attached hydrogens (tertiary/aromatic N) is 3. The number of benzene rings is 1. The summed E-state index contributed by atoms with van der Waals surface area (Å²) in [6.07, 6.45) is 9.38. The summed E-state index contributed by atoms with van der Waals surface area (Å²) in [5, 5.41) is 10.4. The lowest BCUT2D eigenvalue weighted by atomic mass is 9.67. The number of carbonyl (C=O) groups is 1. The minimum atomic E-state index is -0.534. The second-order valence-corrected chi connectivity index (χ2v) is 12.0. The van der Waals surface area contributed by atoms with Gasteiger partial charge in [0, 0.05) is 32.2 Å². The highest BCUT2D eigenvalue weighted by Crippen LogP contribution is 2.44. The van der Waals surface area contributed by atoms with Crippen LogP contribution in [0.15, 0.2) is 18.2 Å². The van der Waals surface area contributed by atoms with Crippen molar-refractivity contribution in [3.05, 3.63) is 35.1 Å². The van der Waals surface area contributed by atoms with Crippen molar-refractivity contribution in [1.29, 1.82) is 0 Å². The fourth-order valence-electron chi connectivity index (χ4n) is 7.41. The van der Waals surface area contributed by atoms with Gasteiger partial charge in [0.25, 0.3) is 0 Å². The van der Waals surface area contributed by atoms with E-state index >= 15 is 0 Å². The molecule has 4 aliphatic rings. The van der Waals surface area contributed by atoms with Gasteiger partial charge in [0.2, 0.25) is 5.91 Å². The Morgan fingerprint density at radius 2 is 1.77 bits per heavy atom.